The second-order valence-corrected chi connectivity index (χ2v) is 7.07. The first-order valence-corrected chi connectivity index (χ1v) is 9.19. The number of benzene rings is 2. The third-order valence-electron chi connectivity index (χ3n) is 4.92. The maximum atomic E-state index is 13.8. The van der Waals surface area contributed by atoms with Gasteiger partial charge in [0.25, 0.3) is 0 Å². The van der Waals surface area contributed by atoms with Crippen LogP contribution in [0.15, 0.2) is 42.5 Å². The molecule has 0 amide bonds. The molecule has 130 valence electrons. The summed E-state index contributed by atoms with van der Waals surface area (Å²) in [5.41, 5.74) is 3.07. The van der Waals surface area contributed by atoms with Crippen LogP contribution in [0.4, 0.5) is 4.39 Å². The predicted molar refractivity (Wildman–Crippen MR) is 99.4 cm³/mol. The molecule has 0 N–H and O–H groups in total. The van der Waals surface area contributed by atoms with Crippen LogP contribution < -0.4 is 0 Å². The number of fused-ring (bicyclic) bond motifs is 3. The summed E-state index contributed by atoms with van der Waals surface area (Å²) >= 11 is 5.80. The standard InChI is InChI=1S/C20H21ClFN3/c21-16-9-8-15(17(22)13-16)5-3-4-10-24-11-12-25-19-7-2-1-6-18(19)23-20(25)14-24/h1-2,6-9,13H,3-5,10-12,14H2. The molecule has 0 radical (unpaired) electrons. The van der Waals surface area contributed by atoms with E-state index in [-0.39, 0.29) is 5.82 Å². The Hall–Kier alpha value is -1.91. The molecule has 0 unspecified atom stereocenters. The number of imidazole rings is 1. The molecule has 4 rings (SSSR count). The van der Waals surface area contributed by atoms with E-state index in [2.05, 4.69) is 27.7 Å². The molecule has 0 aliphatic carbocycles. The van der Waals surface area contributed by atoms with Crippen molar-refractivity contribution in [3.8, 4) is 0 Å². The van der Waals surface area contributed by atoms with Crippen molar-refractivity contribution in [2.45, 2.75) is 32.4 Å². The highest BCUT2D eigenvalue weighted by Gasteiger charge is 2.19. The van der Waals surface area contributed by atoms with E-state index in [0.29, 0.717) is 5.02 Å². The van der Waals surface area contributed by atoms with Gasteiger partial charge in [0.1, 0.15) is 11.6 Å². The molecule has 0 bridgehead atoms. The van der Waals surface area contributed by atoms with Gasteiger partial charge in [-0.2, -0.15) is 0 Å². The van der Waals surface area contributed by atoms with Gasteiger partial charge in [0, 0.05) is 18.1 Å². The van der Waals surface area contributed by atoms with Gasteiger partial charge in [-0.15, -0.1) is 0 Å². The summed E-state index contributed by atoms with van der Waals surface area (Å²) < 4.78 is 16.1. The maximum absolute atomic E-state index is 13.8. The predicted octanol–water partition coefficient (Wildman–Crippen LogP) is 4.67. The third kappa shape index (κ3) is 3.55. The molecule has 1 aliphatic rings. The Bertz CT molecular complexity index is 890. The van der Waals surface area contributed by atoms with E-state index in [1.165, 1.54) is 11.6 Å². The summed E-state index contributed by atoms with van der Waals surface area (Å²) in [6.45, 7) is 3.95. The lowest BCUT2D eigenvalue weighted by atomic mass is 10.1. The van der Waals surface area contributed by atoms with Crippen LogP contribution in [0.1, 0.15) is 24.2 Å². The molecule has 2 aromatic carbocycles. The highest BCUT2D eigenvalue weighted by atomic mass is 35.5. The Morgan fingerprint density at radius 1 is 1.08 bits per heavy atom. The van der Waals surface area contributed by atoms with Crippen LogP contribution in [-0.2, 0) is 19.5 Å². The first-order valence-electron chi connectivity index (χ1n) is 8.81. The van der Waals surface area contributed by atoms with Crippen molar-refractivity contribution in [3.05, 3.63) is 64.7 Å². The number of nitrogens with zero attached hydrogens (tertiary/aromatic N) is 3. The number of para-hydroxylation sites is 2. The van der Waals surface area contributed by atoms with Gasteiger partial charge >= 0.3 is 0 Å². The van der Waals surface area contributed by atoms with Crippen molar-refractivity contribution >= 4 is 22.6 Å². The summed E-state index contributed by atoms with van der Waals surface area (Å²) in [5, 5.41) is 0.456. The van der Waals surface area contributed by atoms with Gasteiger partial charge in [0.15, 0.2) is 0 Å². The van der Waals surface area contributed by atoms with Crippen LogP contribution >= 0.6 is 11.6 Å². The zero-order chi connectivity index (χ0) is 17.2. The monoisotopic (exact) mass is 357 g/mol. The van der Waals surface area contributed by atoms with Crippen molar-refractivity contribution in [2.75, 3.05) is 13.1 Å². The normalized spacial score (nSPS) is 14.8. The zero-order valence-corrected chi connectivity index (χ0v) is 14.8. The minimum Gasteiger partial charge on any atom is -0.326 e. The fourth-order valence-electron chi connectivity index (χ4n) is 3.58. The fourth-order valence-corrected chi connectivity index (χ4v) is 3.74. The molecule has 0 saturated heterocycles. The number of aromatic nitrogens is 2. The van der Waals surface area contributed by atoms with E-state index in [9.17, 15) is 4.39 Å². The molecule has 3 aromatic rings. The Kier molecular flexibility index (Phi) is 4.73. The van der Waals surface area contributed by atoms with Crippen molar-refractivity contribution in [3.63, 3.8) is 0 Å². The highest BCUT2D eigenvalue weighted by molar-refractivity contribution is 6.30. The Morgan fingerprint density at radius 2 is 1.96 bits per heavy atom. The van der Waals surface area contributed by atoms with Gasteiger partial charge < -0.3 is 4.57 Å². The van der Waals surface area contributed by atoms with E-state index in [1.807, 2.05) is 6.07 Å². The number of aryl methyl sites for hydroxylation is 1. The van der Waals surface area contributed by atoms with E-state index >= 15 is 0 Å². The quantitative estimate of drug-likeness (QED) is 0.619. The van der Waals surface area contributed by atoms with E-state index in [0.717, 1.165) is 62.3 Å². The number of hydrogen-bond acceptors (Lipinski definition) is 2. The molecule has 0 saturated carbocycles. The van der Waals surface area contributed by atoms with Gasteiger partial charge in [0.2, 0.25) is 0 Å². The fraction of sp³-hybridized carbons (Fsp3) is 0.350. The molecule has 25 heavy (non-hydrogen) atoms. The van der Waals surface area contributed by atoms with Crippen LogP contribution in [0.5, 0.6) is 0 Å². The van der Waals surface area contributed by atoms with Crippen LogP contribution in [0.2, 0.25) is 5.02 Å². The molecule has 1 aliphatic heterocycles. The van der Waals surface area contributed by atoms with Gasteiger partial charge in [0.05, 0.1) is 17.6 Å². The lowest BCUT2D eigenvalue weighted by Crippen LogP contribution is -2.34. The molecule has 1 aromatic heterocycles. The lowest BCUT2D eigenvalue weighted by Gasteiger charge is -2.27. The zero-order valence-electron chi connectivity index (χ0n) is 14.1. The average Bonchev–Trinajstić information content (AvgIpc) is 2.98. The SMILES string of the molecule is Fc1cc(Cl)ccc1CCCCN1CCn2c(nc3ccccc32)C1. The number of unbranched alkanes of at least 4 members (excludes halogenated alkanes) is 1. The second kappa shape index (κ2) is 7.14. The van der Waals surface area contributed by atoms with Crippen molar-refractivity contribution in [1.29, 1.82) is 0 Å². The number of hydrogen-bond donors (Lipinski definition) is 0. The van der Waals surface area contributed by atoms with Gasteiger partial charge in [-0.1, -0.05) is 29.8 Å². The van der Waals surface area contributed by atoms with Crippen molar-refractivity contribution < 1.29 is 4.39 Å². The van der Waals surface area contributed by atoms with Gasteiger partial charge in [-0.05, 0) is 55.6 Å². The topological polar surface area (TPSA) is 21.1 Å². The molecule has 0 spiro atoms. The average molecular weight is 358 g/mol. The van der Waals surface area contributed by atoms with Crippen LogP contribution in [-0.4, -0.2) is 27.5 Å². The molecule has 0 atom stereocenters. The molecule has 0 fully saturated rings. The lowest BCUT2D eigenvalue weighted by molar-refractivity contribution is 0.215. The summed E-state index contributed by atoms with van der Waals surface area (Å²) in [7, 11) is 0. The van der Waals surface area contributed by atoms with Crippen LogP contribution in [0, 0.1) is 5.82 Å². The smallest absolute Gasteiger partial charge is 0.127 e. The Labute approximate surface area is 152 Å². The third-order valence-corrected chi connectivity index (χ3v) is 5.16. The van der Waals surface area contributed by atoms with Crippen LogP contribution in [0.3, 0.4) is 0 Å². The summed E-state index contributed by atoms with van der Waals surface area (Å²) in [5.74, 6) is 0.954. The minimum atomic E-state index is -0.195. The molecule has 2 heterocycles. The molecule has 3 nitrogen and oxygen atoms in total. The highest BCUT2D eigenvalue weighted by Crippen LogP contribution is 2.21. The molecule has 5 heteroatoms. The van der Waals surface area contributed by atoms with Crippen molar-refractivity contribution in [1.82, 2.24) is 14.5 Å². The maximum Gasteiger partial charge on any atom is 0.127 e. The van der Waals surface area contributed by atoms with Gasteiger partial charge in [-0.3, -0.25) is 4.90 Å². The number of rotatable bonds is 5. The number of halogens is 2. The van der Waals surface area contributed by atoms with E-state index < -0.39 is 0 Å². The van der Waals surface area contributed by atoms with Crippen LogP contribution in [0.25, 0.3) is 11.0 Å². The van der Waals surface area contributed by atoms with E-state index in [4.69, 9.17) is 16.6 Å². The van der Waals surface area contributed by atoms with Crippen molar-refractivity contribution in [2.24, 2.45) is 0 Å². The Morgan fingerprint density at radius 3 is 2.84 bits per heavy atom. The minimum absolute atomic E-state index is 0.195. The summed E-state index contributed by atoms with van der Waals surface area (Å²) in [6, 6.07) is 13.3. The summed E-state index contributed by atoms with van der Waals surface area (Å²) in [6.07, 6.45) is 2.79. The Balaban J connectivity index is 1.31. The first kappa shape index (κ1) is 16.6. The molecular formula is C20H21ClFN3. The largest absolute Gasteiger partial charge is 0.326 e. The van der Waals surface area contributed by atoms with E-state index in [1.54, 1.807) is 12.1 Å². The molecular weight excluding hydrogens is 337 g/mol. The first-order chi connectivity index (χ1) is 12.2. The van der Waals surface area contributed by atoms with Gasteiger partial charge in [-0.25, -0.2) is 9.37 Å². The second-order valence-electron chi connectivity index (χ2n) is 6.64. The summed E-state index contributed by atoms with van der Waals surface area (Å²) in [4.78, 5) is 7.20.